The molecule has 4 rings (SSSR count). The molecule has 0 radical (unpaired) electrons. The first kappa shape index (κ1) is 25.4. The Kier molecular flexibility index (Phi) is 6.85. The van der Waals surface area contributed by atoms with Gasteiger partial charge < -0.3 is 15.0 Å². The van der Waals surface area contributed by atoms with E-state index in [0.29, 0.717) is 19.4 Å². The molecular weight excluding hydrogens is 488 g/mol. The molecule has 10 heteroatoms. The molecule has 2 atom stereocenters. The van der Waals surface area contributed by atoms with Gasteiger partial charge in [0.05, 0.1) is 0 Å². The molecule has 2 aliphatic heterocycles. The molecule has 0 unspecified atom stereocenters. The van der Waals surface area contributed by atoms with Crippen molar-refractivity contribution in [2.24, 2.45) is 5.41 Å². The molecule has 2 fully saturated rings. The van der Waals surface area contributed by atoms with Crippen LogP contribution in [0.15, 0.2) is 48.5 Å². The number of ether oxygens (including phenoxy) is 1. The van der Waals surface area contributed by atoms with Crippen molar-refractivity contribution in [3.63, 3.8) is 0 Å². The maximum atomic E-state index is 14.4. The fourth-order valence-corrected chi connectivity index (χ4v) is 5.63. The summed E-state index contributed by atoms with van der Waals surface area (Å²) in [5, 5.41) is 2.89. The molecule has 1 spiro atoms. The second-order valence-electron chi connectivity index (χ2n) is 9.13. The number of amides is 2. The van der Waals surface area contributed by atoms with Gasteiger partial charge in [0.1, 0.15) is 5.82 Å². The first-order valence-electron chi connectivity index (χ1n) is 11.2. The topological polar surface area (TPSA) is 58.6 Å². The first-order chi connectivity index (χ1) is 16.5. The van der Waals surface area contributed by atoms with Crippen molar-refractivity contribution in [3.05, 3.63) is 70.5 Å². The van der Waals surface area contributed by atoms with E-state index in [1.165, 1.54) is 30.3 Å². The van der Waals surface area contributed by atoms with Crippen LogP contribution in [-0.4, -0.2) is 49.6 Å². The maximum absolute atomic E-state index is 14.4. The number of hydrogen-bond donors (Lipinski definition) is 1. The lowest BCUT2D eigenvalue weighted by molar-refractivity contribution is -0.271. The van der Waals surface area contributed by atoms with E-state index in [0.717, 1.165) is 23.6 Å². The first-order valence-corrected chi connectivity index (χ1v) is 11.6. The number of methoxy groups -OCH3 is 1. The minimum atomic E-state index is -5.04. The molecule has 2 heterocycles. The lowest BCUT2D eigenvalue weighted by Crippen LogP contribution is -2.60. The van der Waals surface area contributed by atoms with Crippen LogP contribution in [0.25, 0.3) is 0 Å². The Labute approximate surface area is 205 Å². The van der Waals surface area contributed by atoms with Crippen molar-refractivity contribution in [2.45, 2.75) is 37.0 Å². The Balaban J connectivity index is 1.63. The molecule has 2 aromatic rings. The van der Waals surface area contributed by atoms with Gasteiger partial charge in [-0.3, -0.25) is 9.59 Å². The highest BCUT2D eigenvalue weighted by atomic mass is 35.5. The van der Waals surface area contributed by atoms with Gasteiger partial charge >= 0.3 is 6.18 Å². The van der Waals surface area contributed by atoms with Crippen molar-refractivity contribution >= 4 is 23.4 Å². The molecular formula is C25H25ClF4N2O3. The van der Waals surface area contributed by atoms with Crippen molar-refractivity contribution in [2.75, 3.05) is 26.7 Å². The monoisotopic (exact) mass is 512 g/mol. The summed E-state index contributed by atoms with van der Waals surface area (Å²) in [6.45, 7) is 0.378. The number of carbonyl (C=O) groups excluding carboxylic acids is 2. The number of piperidine rings is 2. The largest absolute Gasteiger partial charge is 0.430 e. The minimum Gasteiger partial charge on any atom is -0.356 e. The smallest absolute Gasteiger partial charge is 0.356 e. The molecule has 2 saturated heterocycles. The predicted molar refractivity (Wildman–Crippen MR) is 121 cm³/mol. The van der Waals surface area contributed by atoms with E-state index in [9.17, 15) is 27.2 Å². The Morgan fingerprint density at radius 2 is 1.80 bits per heavy atom. The summed E-state index contributed by atoms with van der Waals surface area (Å²) in [5.74, 6) is -1.90. The highest BCUT2D eigenvalue weighted by Crippen LogP contribution is 2.50. The van der Waals surface area contributed by atoms with Crippen molar-refractivity contribution in [1.29, 1.82) is 0 Å². The predicted octanol–water partition coefficient (Wildman–Crippen LogP) is 4.80. The molecule has 2 amide bonds. The minimum absolute atomic E-state index is 0.0194. The second kappa shape index (κ2) is 9.43. The molecule has 0 saturated carbocycles. The Morgan fingerprint density at radius 1 is 1.14 bits per heavy atom. The fourth-order valence-electron chi connectivity index (χ4n) is 5.44. The van der Waals surface area contributed by atoms with E-state index in [2.05, 4.69) is 5.32 Å². The zero-order chi connectivity index (χ0) is 25.4. The van der Waals surface area contributed by atoms with Crippen molar-refractivity contribution < 1.29 is 31.9 Å². The number of likely N-dealkylation sites (tertiary alicyclic amines) is 1. The highest BCUT2D eigenvalue weighted by molar-refractivity contribution is 6.30. The highest BCUT2D eigenvalue weighted by Gasteiger charge is 2.64. The molecule has 2 aromatic carbocycles. The second-order valence-corrected chi connectivity index (χ2v) is 9.57. The Bertz CT molecular complexity index is 1100. The summed E-state index contributed by atoms with van der Waals surface area (Å²) in [7, 11) is 0.855. The van der Waals surface area contributed by atoms with E-state index >= 15 is 0 Å². The summed E-state index contributed by atoms with van der Waals surface area (Å²) in [6.07, 6.45) is -4.22. The zero-order valence-corrected chi connectivity index (χ0v) is 19.8. The van der Waals surface area contributed by atoms with Crippen LogP contribution in [0.1, 0.15) is 36.3 Å². The van der Waals surface area contributed by atoms with Gasteiger partial charge in [-0.15, -0.1) is 0 Å². The number of alkyl halides is 3. The number of benzene rings is 2. The fraction of sp³-hybridized carbons (Fsp3) is 0.440. The van der Waals surface area contributed by atoms with E-state index in [1.807, 2.05) is 0 Å². The van der Waals surface area contributed by atoms with Crippen LogP contribution in [0.3, 0.4) is 0 Å². The molecule has 0 bridgehead atoms. The zero-order valence-electron chi connectivity index (χ0n) is 19.0. The molecule has 0 aromatic heterocycles. The van der Waals surface area contributed by atoms with Crippen LogP contribution in [0, 0.1) is 11.2 Å². The lowest BCUT2D eigenvalue weighted by atomic mass is 9.62. The molecule has 2 aliphatic rings. The van der Waals surface area contributed by atoms with Gasteiger partial charge in [0, 0.05) is 49.7 Å². The van der Waals surface area contributed by atoms with Gasteiger partial charge in [-0.25, -0.2) is 4.39 Å². The third-order valence-electron chi connectivity index (χ3n) is 7.31. The Morgan fingerprint density at radius 3 is 2.37 bits per heavy atom. The van der Waals surface area contributed by atoms with Crippen molar-refractivity contribution in [3.8, 4) is 0 Å². The standard InChI is InChI=1S/C25H25ClF4N2O3/c1-35-24(25(28,29)30,17-3-2-4-18(26)13-17)22(34)32-11-9-23(10-12-32)14-21(33)31-15-20(23)16-5-7-19(27)8-6-16/h2-8,13,20H,9-12,14-15H2,1H3,(H,31,33)/t20-,24-/m0/s1. The average molecular weight is 513 g/mol. The number of nitrogens with one attached hydrogen (secondary N) is 1. The van der Waals surface area contributed by atoms with Crippen LogP contribution in [0.2, 0.25) is 5.02 Å². The van der Waals surface area contributed by atoms with E-state index in [1.54, 1.807) is 12.1 Å². The van der Waals surface area contributed by atoms with Crippen LogP contribution in [-0.2, 0) is 19.9 Å². The van der Waals surface area contributed by atoms with Gasteiger partial charge in [-0.1, -0.05) is 35.9 Å². The summed E-state index contributed by atoms with van der Waals surface area (Å²) in [4.78, 5) is 26.9. The van der Waals surface area contributed by atoms with Gasteiger partial charge in [0.25, 0.3) is 11.5 Å². The van der Waals surface area contributed by atoms with Gasteiger partial charge in [-0.2, -0.15) is 13.2 Å². The van der Waals surface area contributed by atoms with Gasteiger partial charge in [0.2, 0.25) is 5.91 Å². The molecule has 5 nitrogen and oxygen atoms in total. The maximum Gasteiger partial charge on any atom is 0.430 e. The summed E-state index contributed by atoms with van der Waals surface area (Å²) in [5.41, 5.74) is -3.32. The van der Waals surface area contributed by atoms with Crippen LogP contribution >= 0.6 is 11.6 Å². The molecule has 35 heavy (non-hydrogen) atoms. The van der Waals surface area contributed by atoms with Crippen LogP contribution in [0.4, 0.5) is 17.6 Å². The summed E-state index contributed by atoms with van der Waals surface area (Å²) >= 11 is 5.93. The molecule has 188 valence electrons. The third kappa shape index (κ3) is 4.51. The van der Waals surface area contributed by atoms with Crippen LogP contribution in [0.5, 0.6) is 0 Å². The SMILES string of the molecule is CO[C@](C(=O)N1CCC2(CC1)CC(=O)NC[C@H]2c1ccc(F)cc1)(c1cccc(Cl)c1)C(F)(F)F. The Hall–Kier alpha value is -2.65. The molecule has 1 N–H and O–H groups in total. The van der Waals surface area contributed by atoms with Gasteiger partial charge in [-0.05, 0) is 48.1 Å². The molecule has 0 aliphatic carbocycles. The van der Waals surface area contributed by atoms with Crippen molar-refractivity contribution in [1.82, 2.24) is 10.2 Å². The quantitative estimate of drug-likeness (QED) is 0.599. The van der Waals surface area contributed by atoms with E-state index < -0.39 is 28.7 Å². The third-order valence-corrected chi connectivity index (χ3v) is 7.55. The van der Waals surface area contributed by atoms with Gasteiger partial charge in [0.15, 0.2) is 0 Å². The summed E-state index contributed by atoms with van der Waals surface area (Å²) in [6, 6.07) is 11.0. The number of carbonyl (C=O) groups is 2. The summed E-state index contributed by atoms with van der Waals surface area (Å²) < 4.78 is 61.7. The van der Waals surface area contributed by atoms with E-state index in [4.69, 9.17) is 16.3 Å². The number of rotatable bonds is 4. The number of hydrogen-bond acceptors (Lipinski definition) is 3. The average Bonchev–Trinajstić information content (AvgIpc) is 2.80. The number of nitrogens with zero attached hydrogens (tertiary/aromatic N) is 1. The number of halogens is 5. The normalized spacial score (nSPS) is 21.9. The van der Waals surface area contributed by atoms with E-state index in [-0.39, 0.29) is 42.2 Å². The lowest BCUT2D eigenvalue weighted by Gasteiger charge is -2.50. The van der Waals surface area contributed by atoms with Crippen LogP contribution < -0.4 is 5.32 Å².